The number of amides is 2. The second-order valence-electron chi connectivity index (χ2n) is 6.48. The molecule has 0 N–H and O–H groups in total. The zero-order valence-corrected chi connectivity index (χ0v) is 16.7. The molecule has 1 aromatic rings. The zero-order valence-electron chi connectivity index (χ0n) is 13.5. The number of hydrazone groups is 1. The topological polar surface area (TPSA) is 59.0 Å². The number of allylic oxidation sites excluding steroid dienone is 2. The van der Waals surface area contributed by atoms with E-state index in [4.69, 9.17) is 4.74 Å². The van der Waals surface area contributed by atoms with Gasteiger partial charge in [0.2, 0.25) is 0 Å². The number of carbonyl (C=O) groups is 2. The molecule has 3 aliphatic rings. The fraction of sp³-hybridized carbons (Fsp3) is 0.389. The summed E-state index contributed by atoms with van der Waals surface area (Å²) in [5.74, 6) is 0.308. The summed E-state index contributed by atoms with van der Waals surface area (Å²) in [6, 6.07) is 3.69. The van der Waals surface area contributed by atoms with E-state index in [9.17, 15) is 9.59 Å². The van der Waals surface area contributed by atoms with Crippen molar-refractivity contribution in [2.24, 2.45) is 28.8 Å². The van der Waals surface area contributed by atoms with E-state index in [2.05, 4.69) is 49.1 Å². The molecule has 130 valence electrons. The number of fused-ring (bicyclic) bond motifs is 5. The van der Waals surface area contributed by atoms with Gasteiger partial charge in [-0.15, -0.1) is 0 Å². The van der Waals surface area contributed by atoms with Crippen molar-refractivity contribution in [3.05, 3.63) is 38.8 Å². The number of rotatable bonds is 4. The summed E-state index contributed by atoms with van der Waals surface area (Å²) in [6.45, 7) is 2.47. The summed E-state index contributed by atoms with van der Waals surface area (Å²) >= 11 is 6.93. The Labute approximate surface area is 162 Å². The van der Waals surface area contributed by atoms with E-state index in [0.717, 1.165) is 25.9 Å². The average molecular weight is 468 g/mol. The number of hydrogen-bond acceptors (Lipinski definition) is 4. The normalized spacial score (nSPS) is 30.0. The highest BCUT2D eigenvalue weighted by Crippen LogP contribution is 2.52. The van der Waals surface area contributed by atoms with E-state index >= 15 is 0 Å². The van der Waals surface area contributed by atoms with Crippen molar-refractivity contribution in [3.8, 4) is 5.75 Å². The first-order chi connectivity index (χ1) is 12.0. The number of imide groups is 1. The van der Waals surface area contributed by atoms with Crippen molar-refractivity contribution in [1.29, 1.82) is 0 Å². The summed E-state index contributed by atoms with van der Waals surface area (Å²) < 4.78 is 7.11. The van der Waals surface area contributed by atoms with Crippen molar-refractivity contribution in [1.82, 2.24) is 5.01 Å². The molecular formula is C18H16Br2N2O3. The van der Waals surface area contributed by atoms with Gasteiger partial charge in [-0.05, 0) is 74.7 Å². The van der Waals surface area contributed by atoms with E-state index < -0.39 is 0 Å². The number of halogens is 2. The summed E-state index contributed by atoms with van der Waals surface area (Å²) in [7, 11) is 0. The minimum atomic E-state index is -0.224. The number of ether oxygens (including phenoxy) is 1. The lowest BCUT2D eigenvalue weighted by atomic mass is 9.85. The van der Waals surface area contributed by atoms with E-state index in [1.54, 1.807) is 0 Å². The molecule has 2 fully saturated rings. The quantitative estimate of drug-likeness (QED) is 0.385. The fourth-order valence-electron chi connectivity index (χ4n) is 4.06. The van der Waals surface area contributed by atoms with Crippen LogP contribution in [0.3, 0.4) is 0 Å². The standard InChI is InChI=1S/C18H16Br2N2O3/c1-2-25-16-12(19)5-9(6-13(16)20)8-21-22-17(23)14-10-3-4-11(7-10)15(14)18(22)24/h3-6,8,10-11,14-15H,2,7H2,1H3/t10-,11-,14-,15+/m0/s1. The second kappa shape index (κ2) is 6.36. The summed E-state index contributed by atoms with van der Waals surface area (Å²) in [4.78, 5) is 25.2. The molecule has 0 spiro atoms. The molecule has 7 heteroatoms. The van der Waals surface area contributed by atoms with Gasteiger partial charge in [-0.25, -0.2) is 0 Å². The van der Waals surface area contributed by atoms with Crippen LogP contribution in [0.4, 0.5) is 0 Å². The van der Waals surface area contributed by atoms with Gasteiger partial charge in [-0.2, -0.15) is 10.1 Å². The molecule has 4 atom stereocenters. The molecule has 0 aromatic heterocycles. The molecule has 1 aliphatic heterocycles. The van der Waals surface area contributed by atoms with Gasteiger partial charge in [0.05, 0.1) is 33.6 Å². The van der Waals surface area contributed by atoms with Crippen LogP contribution in [0.1, 0.15) is 18.9 Å². The minimum absolute atomic E-state index is 0.174. The monoisotopic (exact) mass is 466 g/mol. The van der Waals surface area contributed by atoms with E-state index in [1.807, 2.05) is 19.1 Å². The highest BCUT2D eigenvalue weighted by Gasteiger charge is 2.59. The maximum atomic E-state index is 12.6. The first-order valence-corrected chi connectivity index (χ1v) is 9.81. The Morgan fingerprint density at radius 3 is 2.24 bits per heavy atom. The van der Waals surface area contributed by atoms with Gasteiger partial charge >= 0.3 is 0 Å². The molecule has 4 rings (SSSR count). The lowest BCUT2D eigenvalue weighted by molar-refractivity contribution is -0.140. The van der Waals surface area contributed by atoms with Gasteiger partial charge in [-0.1, -0.05) is 12.2 Å². The minimum Gasteiger partial charge on any atom is -0.492 e. The smallest absolute Gasteiger partial charge is 0.254 e. The van der Waals surface area contributed by atoms with E-state index in [0.29, 0.717) is 12.4 Å². The molecular weight excluding hydrogens is 452 g/mol. The van der Waals surface area contributed by atoms with E-state index in [1.165, 1.54) is 6.21 Å². The first-order valence-electron chi connectivity index (χ1n) is 8.23. The zero-order chi connectivity index (χ0) is 17.7. The largest absolute Gasteiger partial charge is 0.492 e. The molecule has 25 heavy (non-hydrogen) atoms. The molecule has 1 heterocycles. The Bertz CT molecular complexity index is 768. The van der Waals surface area contributed by atoms with Gasteiger partial charge in [0.15, 0.2) is 0 Å². The maximum absolute atomic E-state index is 12.6. The van der Waals surface area contributed by atoms with Crippen LogP contribution in [0.25, 0.3) is 0 Å². The van der Waals surface area contributed by atoms with Gasteiger partial charge in [0, 0.05) is 0 Å². The van der Waals surface area contributed by atoms with Crippen molar-refractivity contribution in [2.75, 3.05) is 6.61 Å². The molecule has 1 saturated carbocycles. The maximum Gasteiger partial charge on any atom is 0.254 e. The molecule has 0 unspecified atom stereocenters. The van der Waals surface area contributed by atoms with Crippen LogP contribution in [-0.4, -0.2) is 29.6 Å². The predicted octanol–water partition coefficient (Wildman–Crippen LogP) is 3.75. The molecule has 0 radical (unpaired) electrons. The van der Waals surface area contributed by atoms with Crippen molar-refractivity contribution in [3.63, 3.8) is 0 Å². The Morgan fingerprint density at radius 2 is 1.72 bits per heavy atom. The average Bonchev–Trinajstić information content (AvgIpc) is 3.24. The SMILES string of the molecule is CCOc1c(Br)cc(C=NN2C(=O)[C@@H]3[C@H](C2=O)[C@H]2C=C[C@H]3C2)cc1Br. The Hall–Kier alpha value is -1.47. The summed E-state index contributed by atoms with van der Waals surface area (Å²) in [5, 5.41) is 5.25. The second-order valence-corrected chi connectivity index (χ2v) is 8.19. The van der Waals surface area contributed by atoms with E-state index in [-0.39, 0.29) is 35.5 Å². The Morgan fingerprint density at radius 1 is 1.16 bits per heavy atom. The highest BCUT2D eigenvalue weighted by molar-refractivity contribution is 9.11. The lowest BCUT2D eigenvalue weighted by Gasteiger charge is -2.13. The summed E-state index contributed by atoms with van der Waals surface area (Å²) in [6.07, 6.45) is 6.61. The molecule has 5 nitrogen and oxygen atoms in total. The number of hydrogen-bond donors (Lipinski definition) is 0. The van der Waals surface area contributed by atoms with Crippen LogP contribution < -0.4 is 4.74 Å². The molecule has 2 amide bonds. The van der Waals surface area contributed by atoms with Crippen LogP contribution in [0.2, 0.25) is 0 Å². The van der Waals surface area contributed by atoms with Crippen LogP contribution in [0, 0.1) is 23.7 Å². The van der Waals surface area contributed by atoms with Gasteiger partial charge in [0.1, 0.15) is 5.75 Å². The summed E-state index contributed by atoms with van der Waals surface area (Å²) in [5.41, 5.74) is 0.765. The number of benzene rings is 1. The number of nitrogens with zero attached hydrogens (tertiary/aromatic N) is 2. The van der Waals surface area contributed by atoms with Crippen LogP contribution >= 0.6 is 31.9 Å². The Kier molecular flexibility index (Phi) is 4.32. The first kappa shape index (κ1) is 17.0. The van der Waals surface area contributed by atoms with Crippen LogP contribution in [0.5, 0.6) is 5.75 Å². The third-order valence-corrected chi connectivity index (χ3v) is 6.26. The molecule has 2 bridgehead atoms. The fourth-order valence-corrected chi connectivity index (χ4v) is 5.51. The lowest BCUT2D eigenvalue weighted by Crippen LogP contribution is -2.28. The third-order valence-electron chi connectivity index (χ3n) is 5.08. The van der Waals surface area contributed by atoms with Gasteiger partial charge in [0.25, 0.3) is 11.8 Å². The molecule has 1 aromatic carbocycles. The van der Waals surface area contributed by atoms with Crippen LogP contribution in [-0.2, 0) is 9.59 Å². The number of carbonyl (C=O) groups excluding carboxylic acids is 2. The van der Waals surface area contributed by atoms with Crippen molar-refractivity contribution in [2.45, 2.75) is 13.3 Å². The molecule has 2 aliphatic carbocycles. The highest BCUT2D eigenvalue weighted by atomic mass is 79.9. The third kappa shape index (κ3) is 2.68. The van der Waals surface area contributed by atoms with Crippen molar-refractivity contribution >= 4 is 49.9 Å². The van der Waals surface area contributed by atoms with Gasteiger partial charge < -0.3 is 4.74 Å². The van der Waals surface area contributed by atoms with Gasteiger partial charge in [-0.3, -0.25) is 9.59 Å². The predicted molar refractivity (Wildman–Crippen MR) is 100 cm³/mol. The molecule has 1 saturated heterocycles. The van der Waals surface area contributed by atoms with Crippen LogP contribution in [0.15, 0.2) is 38.3 Å². The van der Waals surface area contributed by atoms with Crippen molar-refractivity contribution < 1.29 is 14.3 Å². The Balaban J connectivity index is 1.57.